The van der Waals surface area contributed by atoms with E-state index in [1.54, 1.807) is 24.3 Å². The van der Waals surface area contributed by atoms with Crippen LogP contribution in [0.5, 0.6) is 11.5 Å². The Morgan fingerprint density at radius 3 is 2.50 bits per heavy atom. The molecule has 4 aromatic carbocycles. The normalized spacial score (nSPS) is 13.9. The number of fused-ring (bicyclic) bond motifs is 1. The van der Waals surface area contributed by atoms with E-state index in [1.165, 1.54) is 0 Å². The third-order valence-corrected chi connectivity index (χ3v) is 7.37. The average molecular weight is 629 g/mol. The Morgan fingerprint density at radius 2 is 1.71 bits per heavy atom. The van der Waals surface area contributed by atoms with Crippen molar-refractivity contribution in [2.24, 2.45) is 0 Å². The summed E-state index contributed by atoms with van der Waals surface area (Å²) in [5.41, 5.74) is 3.29. The topological polar surface area (TPSA) is 97.0 Å². The van der Waals surface area contributed by atoms with Crippen LogP contribution in [-0.2, 0) is 22.6 Å². The van der Waals surface area contributed by atoms with Gasteiger partial charge in [-0.05, 0) is 87.1 Å². The number of aryl methyl sites for hydroxylation is 1. The molecule has 4 aromatic rings. The zero-order valence-electron chi connectivity index (χ0n) is 23.3. The van der Waals surface area contributed by atoms with Crippen LogP contribution in [0.3, 0.4) is 0 Å². The van der Waals surface area contributed by atoms with Gasteiger partial charge < -0.3 is 20.1 Å². The molecule has 1 heterocycles. The van der Waals surface area contributed by atoms with Crippen LogP contribution in [0.15, 0.2) is 89.0 Å². The van der Waals surface area contributed by atoms with E-state index in [-0.39, 0.29) is 5.70 Å². The number of nitrogens with one attached hydrogen (secondary N) is 2. The van der Waals surface area contributed by atoms with E-state index in [1.807, 2.05) is 50.2 Å². The molecule has 42 heavy (non-hydrogen) atoms. The molecule has 0 atom stereocenters. The van der Waals surface area contributed by atoms with Crippen molar-refractivity contribution in [1.29, 1.82) is 0 Å². The number of carbonyl (C=O) groups excluding carboxylic acids is 3. The fraction of sp³-hybridized carbons (Fsp3) is 0.182. The minimum atomic E-state index is -0.662. The number of amides is 4. The van der Waals surface area contributed by atoms with Gasteiger partial charge in [-0.25, -0.2) is 9.69 Å². The number of ether oxygens (including phenoxy) is 2. The minimum Gasteiger partial charge on any atom is -0.490 e. The van der Waals surface area contributed by atoms with E-state index < -0.39 is 24.4 Å². The summed E-state index contributed by atoms with van der Waals surface area (Å²) in [6.07, 6.45) is 2.28. The summed E-state index contributed by atoms with van der Waals surface area (Å²) in [6.45, 7) is 4.18. The SMILES string of the molecule is CCOc1cc(/C=C2/NC(=O)N(CC(=O)Nc3ccccc3CC)C2=O)cc(Br)c1OCc1ccc2ccccc2c1. The van der Waals surface area contributed by atoms with E-state index in [4.69, 9.17) is 9.47 Å². The third kappa shape index (κ3) is 6.47. The number of nitrogens with zero attached hydrogens (tertiary/aromatic N) is 1. The molecule has 0 aliphatic carbocycles. The van der Waals surface area contributed by atoms with E-state index in [9.17, 15) is 14.4 Å². The number of benzene rings is 4. The highest BCUT2D eigenvalue weighted by Gasteiger charge is 2.35. The lowest BCUT2D eigenvalue weighted by Gasteiger charge is -2.15. The maximum absolute atomic E-state index is 13.1. The van der Waals surface area contributed by atoms with Crippen LogP contribution < -0.4 is 20.1 Å². The van der Waals surface area contributed by atoms with Gasteiger partial charge in [0.15, 0.2) is 11.5 Å². The molecule has 5 rings (SSSR count). The first-order valence-electron chi connectivity index (χ1n) is 13.7. The minimum absolute atomic E-state index is 0.0564. The van der Waals surface area contributed by atoms with Crippen LogP contribution in [0, 0.1) is 0 Å². The Bertz CT molecular complexity index is 1700. The number of halogens is 1. The average Bonchev–Trinajstić information content (AvgIpc) is 3.24. The highest BCUT2D eigenvalue weighted by molar-refractivity contribution is 9.10. The van der Waals surface area contributed by atoms with Gasteiger partial charge in [0.1, 0.15) is 18.8 Å². The molecule has 0 saturated carbocycles. The van der Waals surface area contributed by atoms with E-state index in [2.05, 4.69) is 50.8 Å². The summed E-state index contributed by atoms with van der Waals surface area (Å²) in [7, 11) is 0. The number of hydrogen-bond acceptors (Lipinski definition) is 5. The molecule has 0 spiro atoms. The number of rotatable bonds is 10. The van der Waals surface area contributed by atoms with Gasteiger partial charge in [-0.15, -0.1) is 0 Å². The zero-order chi connectivity index (χ0) is 29.6. The van der Waals surface area contributed by atoms with Crippen molar-refractivity contribution in [3.05, 3.63) is 106 Å². The van der Waals surface area contributed by atoms with Crippen molar-refractivity contribution < 1.29 is 23.9 Å². The lowest BCUT2D eigenvalue weighted by molar-refractivity contribution is -0.127. The van der Waals surface area contributed by atoms with Crippen LogP contribution in [0.2, 0.25) is 0 Å². The van der Waals surface area contributed by atoms with E-state index >= 15 is 0 Å². The van der Waals surface area contributed by atoms with Crippen LogP contribution in [0.1, 0.15) is 30.5 Å². The van der Waals surface area contributed by atoms with Gasteiger partial charge in [0.25, 0.3) is 5.91 Å². The molecule has 1 aliphatic heterocycles. The maximum atomic E-state index is 13.1. The molecule has 2 N–H and O–H groups in total. The fourth-order valence-corrected chi connectivity index (χ4v) is 5.30. The quantitative estimate of drug-likeness (QED) is 0.151. The zero-order valence-corrected chi connectivity index (χ0v) is 24.9. The highest BCUT2D eigenvalue weighted by Crippen LogP contribution is 2.38. The van der Waals surface area contributed by atoms with Crippen LogP contribution >= 0.6 is 15.9 Å². The molecule has 1 aliphatic rings. The third-order valence-electron chi connectivity index (χ3n) is 6.78. The van der Waals surface area contributed by atoms with Crippen LogP contribution in [0.25, 0.3) is 16.8 Å². The number of para-hydroxylation sites is 1. The Kier molecular flexibility index (Phi) is 8.88. The van der Waals surface area contributed by atoms with Gasteiger partial charge in [0.05, 0.1) is 11.1 Å². The van der Waals surface area contributed by atoms with Gasteiger partial charge in [-0.2, -0.15) is 0 Å². The summed E-state index contributed by atoms with van der Waals surface area (Å²) in [6, 6.07) is 24.6. The summed E-state index contributed by atoms with van der Waals surface area (Å²) in [5, 5.41) is 7.65. The van der Waals surface area contributed by atoms with E-state index in [0.717, 1.165) is 33.2 Å². The second kappa shape index (κ2) is 12.9. The molecule has 8 nitrogen and oxygen atoms in total. The Hall–Kier alpha value is -4.63. The second-order valence-electron chi connectivity index (χ2n) is 9.67. The van der Waals surface area contributed by atoms with Crippen molar-refractivity contribution in [3.63, 3.8) is 0 Å². The Morgan fingerprint density at radius 1 is 0.952 bits per heavy atom. The Labute approximate surface area is 252 Å². The number of anilines is 1. The lowest BCUT2D eigenvalue weighted by atomic mass is 10.1. The summed E-state index contributed by atoms with van der Waals surface area (Å²) in [5.74, 6) is -0.0405. The standard InChI is InChI=1S/C33H30BrN3O5/c1-3-23-9-7-8-12-27(23)35-30(38)19-37-32(39)28(36-33(37)40)17-22-16-26(34)31(29(18-22)41-4-2)42-20-21-13-14-24-10-5-6-11-25(24)15-21/h5-18H,3-4,19-20H2,1-2H3,(H,35,38)(H,36,40)/b28-17+. The first-order valence-corrected chi connectivity index (χ1v) is 14.4. The van der Waals surface area contributed by atoms with Crippen molar-refractivity contribution in [2.75, 3.05) is 18.5 Å². The fourth-order valence-electron chi connectivity index (χ4n) is 4.72. The molecule has 1 fully saturated rings. The number of carbonyl (C=O) groups is 3. The highest BCUT2D eigenvalue weighted by atomic mass is 79.9. The summed E-state index contributed by atoms with van der Waals surface area (Å²) >= 11 is 3.58. The molecule has 0 unspecified atom stereocenters. The monoisotopic (exact) mass is 627 g/mol. The molecule has 0 radical (unpaired) electrons. The van der Waals surface area contributed by atoms with Crippen LogP contribution in [0.4, 0.5) is 10.5 Å². The Balaban J connectivity index is 1.30. The van der Waals surface area contributed by atoms with Gasteiger partial charge >= 0.3 is 6.03 Å². The molecule has 9 heteroatoms. The molecular formula is C33H30BrN3O5. The van der Waals surface area contributed by atoms with Crippen molar-refractivity contribution in [2.45, 2.75) is 26.9 Å². The predicted molar refractivity (Wildman–Crippen MR) is 166 cm³/mol. The van der Waals surface area contributed by atoms with Crippen molar-refractivity contribution >= 4 is 56.3 Å². The number of imide groups is 1. The summed E-state index contributed by atoms with van der Waals surface area (Å²) < 4.78 is 12.7. The lowest BCUT2D eigenvalue weighted by Crippen LogP contribution is -2.38. The molecule has 1 saturated heterocycles. The van der Waals surface area contributed by atoms with Gasteiger partial charge in [-0.3, -0.25) is 9.59 Å². The molecule has 214 valence electrons. The largest absolute Gasteiger partial charge is 0.490 e. The maximum Gasteiger partial charge on any atom is 0.329 e. The smallest absolute Gasteiger partial charge is 0.329 e. The molecule has 4 amide bonds. The van der Waals surface area contributed by atoms with Crippen molar-refractivity contribution in [3.8, 4) is 11.5 Å². The second-order valence-corrected chi connectivity index (χ2v) is 10.5. The van der Waals surface area contributed by atoms with Crippen molar-refractivity contribution in [1.82, 2.24) is 10.2 Å². The molecular weight excluding hydrogens is 598 g/mol. The first kappa shape index (κ1) is 28.9. The van der Waals surface area contributed by atoms with E-state index in [0.29, 0.717) is 40.4 Å². The molecule has 0 aromatic heterocycles. The molecule has 0 bridgehead atoms. The summed E-state index contributed by atoms with van der Waals surface area (Å²) in [4.78, 5) is 39.2. The van der Waals surface area contributed by atoms with Gasteiger partial charge in [0, 0.05) is 5.69 Å². The first-order chi connectivity index (χ1) is 20.4. The number of urea groups is 1. The van der Waals surface area contributed by atoms with Crippen LogP contribution in [-0.4, -0.2) is 35.9 Å². The predicted octanol–water partition coefficient (Wildman–Crippen LogP) is 6.67. The van der Waals surface area contributed by atoms with Gasteiger partial charge in [0.2, 0.25) is 5.91 Å². The number of hydrogen-bond donors (Lipinski definition) is 2. The van der Waals surface area contributed by atoms with Gasteiger partial charge in [-0.1, -0.05) is 61.5 Å².